The summed E-state index contributed by atoms with van der Waals surface area (Å²) in [5.41, 5.74) is 2.26. The molecular weight excluding hydrogens is 368 g/mol. The van der Waals surface area contributed by atoms with Crippen LogP contribution in [0.5, 0.6) is 5.75 Å². The molecule has 3 rings (SSSR count). The van der Waals surface area contributed by atoms with E-state index in [2.05, 4.69) is 47.2 Å². The van der Waals surface area contributed by atoms with Gasteiger partial charge >= 0.3 is 0 Å². The fourth-order valence-corrected chi connectivity index (χ4v) is 3.34. The predicted molar refractivity (Wildman–Crippen MR) is 111 cm³/mol. The number of aryl methyl sites for hydroxylation is 1. The summed E-state index contributed by atoms with van der Waals surface area (Å²) in [4.78, 5) is 19.1. The van der Waals surface area contributed by atoms with Gasteiger partial charge in [-0.1, -0.05) is 49.7 Å². The molecule has 7 nitrogen and oxygen atoms in total. The highest BCUT2D eigenvalue weighted by Gasteiger charge is 2.21. The number of hydrogen-bond donors (Lipinski definition) is 1. The molecule has 0 radical (unpaired) electrons. The normalized spacial score (nSPS) is 15.1. The second kappa shape index (κ2) is 9.22. The van der Waals surface area contributed by atoms with Crippen LogP contribution in [-0.4, -0.2) is 47.1 Å². The van der Waals surface area contributed by atoms with Crippen molar-refractivity contribution in [3.8, 4) is 5.75 Å². The zero-order valence-electron chi connectivity index (χ0n) is 17.7. The molecule has 1 N–H and O–H groups in total. The summed E-state index contributed by atoms with van der Waals surface area (Å²) in [5, 5.41) is 6.80. The molecule has 0 atom stereocenters. The largest absolute Gasteiger partial charge is 0.485 e. The molecule has 0 saturated heterocycles. The number of amides is 1. The Balaban J connectivity index is 1.49. The van der Waals surface area contributed by atoms with Crippen molar-refractivity contribution in [3.05, 3.63) is 53.2 Å². The van der Waals surface area contributed by atoms with E-state index in [1.54, 1.807) is 19.1 Å². The molecule has 0 unspecified atom stereocenters. The van der Waals surface area contributed by atoms with Crippen LogP contribution in [0.1, 0.15) is 49.3 Å². The van der Waals surface area contributed by atoms with Gasteiger partial charge in [0, 0.05) is 33.1 Å². The first-order valence-electron chi connectivity index (χ1n) is 10.0. The van der Waals surface area contributed by atoms with Crippen LogP contribution in [0, 0.1) is 12.3 Å². The minimum Gasteiger partial charge on any atom is -0.485 e. The van der Waals surface area contributed by atoms with Crippen molar-refractivity contribution in [3.63, 3.8) is 0 Å². The lowest BCUT2D eigenvalue weighted by Gasteiger charge is -2.32. The molecule has 7 heteroatoms. The quantitative estimate of drug-likeness (QED) is 0.721. The number of para-hydroxylation sites is 1. The molecular formula is C22H30N4O3. The van der Waals surface area contributed by atoms with Gasteiger partial charge in [0.15, 0.2) is 6.61 Å². The van der Waals surface area contributed by atoms with E-state index in [-0.39, 0.29) is 17.9 Å². The first-order valence-corrected chi connectivity index (χ1v) is 10.0. The molecule has 0 bridgehead atoms. The Bertz CT molecular complexity index is 867. The molecule has 1 amide bonds. The van der Waals surface area contributed by atoms with Crippen LogP contribution in [0.25, 0.3) is 0 Å². The number of aromatic nitrogens is 2. The third kappa shape index (κ3) is 5.90. The van der Waals surface area contributed by atoms with Gasteiger partial charge in [-0.15, -0.1) is 0 Å². The van der Waals surface area contributed by atoms with Crippen LogP contribution in [-0.2, 0) is 6.61 Å². The highest BCUT2D eigenvalue weighted by Crippen LogP contribution is 2.29. The molecule has 1 aromatic heterocycles. The third-order valence-electron chi connectivity index (χ3n) is 5.03. The maximum absolute atomic E-state index is 12.6. The van der Waals surface area contributed by atoms with Crippen LogP contribution >= 0.6 is 0 Å². The van der Waals surface area contributed by atoms with Crippen molar-refractivity contribution in [1.82, 2.24) is 20.4 Å². The van der Waals surface area contributed by atoms with E-state index >= 15 is 0 Å². The maximum Gasteiger partial charge on any atom is 0.255 e. The molecule has 1 aliphatic rings. The molecule has 0 fully saturated rings. The Labute approximate surface area is 172 Å². The molecule has 29 heavy (non-hydrogen) atoms. The number of hydrogen-bond acceptors (Lipinski definition) is 6. The zero-order chi connectivity index (χ0) is 20.9. The molecule has 2 aromatic rings. The van der Waals surface area contributed by atoms with Crippen LogP contribution in [0.15, 0.2) is 40.4 Å². The Morgan fingerprint density at radius 2 is 2.10 bits per heavy atom. The summed E-state index contributed by atoms with van der Waals surface area (Å²) >= 11 is 0. The number of benzene rings is 1. The summed E-state index contributed by atoms with van der Waals surface area (Å²) < 4.78 is 10.7. The summed E-state index contributed by atoms with van der Waals surface area (Å²) in [6.07, 6.45) is 3.41. The molecule has 0 spiro atoms. The van der Waals surface area contributed by atoms with Crippen molar-refractivity contribution in [1.29, 1.82) is 0 Å². The van der Waals surface area contributed by atoms with Crippen LogP contribution in [0.3, 0.4) is 0 Å². The van der Waals surface area contributed by atoms with Gasteiger partial charge in [-0.25, -0.2) is 0 Å². The van der Waals surface area contributed by atoms with Crippen LogP contribution < -0.4 is 10.1 Å². The van der Waals surface area contributed by atoms with E-state index in [0.29, 0.717) is 29.6 Å². The van der Waals surface area contributed by atoms with Crippen LogP contribution in [0.2, 0.25) is 0 Å². The summed E-state index contributed by atoms with van der Waals surface area (Å²) in [7, 11) is 0. The average molecular weight is 399 g/mol. The fourth-order valence-electron chi connectivity index (χ4n) is 3.34. The van der Waals surface area contributed by atoms with Crippen molar-refractivity contribution in [2.45, 2.75) is 40.7 Å². The molecule has 2 heterocycles. The average Bonchev–Trinajstić information content (AvgIpc) is 3.11. The highest BCUT2D eigenvalue weighted by atomic mass is 16.5. The lowest BCUT2D eigenvalue weighted by molar-refractivity contribution is 0.0944. The Kier molecular flexibility index (Phi) is 6.69. The lowest BCUT2D eigenvalue weighted by Crippen LogP contribution is -2.38. The van der Waals surface area contributed by atoms with E-state index in [0.717, 1.165) is 26.1 Å². The van der Waals surface area contributed by atoms with Gasteiger partial charge in [-0.3, -0.25) is 9.69 Å². The van der Waals surface area contributed by atoms with Crippen LogP contribution in [0.4, 0.5) is 0 Å². The number of rotatable bonds is 7. The Morgan fingerprint density at radius 3 is 2.76 bits per heavy atom. The maximum atomic E-state index is 12.6. The minimum atomic E-state index is -0.146. The summed E-state index contributed by atoms with van der Waals surface area (Å²) in [5.74, 6) is 1.29. The van der Waals surface area contributed by atoms with E-state index < -0.39 is 0 Å². The summed E-state index contributed by atoms with van der Waals surface area (Å²) in [6, 6.07) is 7.18. The van der Waals surface area contributed by atoms with Gasteiger partial charge in [0.25, 0.3) is 5.91 Å². The van der Waals surface area contributed by atoms with E-state index in [1.807, 2.05) is 12.1 Å². The first-order chi connectivity index (χ1) is 13.8. The number of carbonyl (C=O) groups is 1. The topological polar surface area (TPSA) is 80.5 Å². The van der Waals surface area contributed by atoms with Gasteiger partial charge in [-0.05, 0) is 24.0 Å². The first kappa shape index (κ1) is 21.0. The van der Waals surface area contributed by atoms with Crippen molar-refractivity contribution in [2.75, 3.05) is 26.2 Å². The van der Waals surface area contributed by atoms with Crippen molar-refractivity contribution >= 4 is 5.91 Å². The molecule has 156 valence electrons. The van der Waals surface area contributed by atoms with Crippen molar-refractivity contribution < 1.29 is 14.1 Å². The standard InChI is InChI=1S/C22H30N4O3/c1-16-24-20(25-29-16)15-28-19-8-6-5-7-18(19)21(27)23-11-14-26-12-9-17(10-13-26)22(2,3)4/h5-9H,10-15H2,1-4H3,(H,23,27). The SMILES string of the molecule is Cc1nc(COc2ccccc2C(=O)NCCN2CC=C(C(C)(C)C)CC2)no1. The van der Waals surface area contributed by atoms with Gasteiger partial charge in [0.1, 0.15) is 5.75 Å². The monoisotopic (exact) mass is 398 g/mol. The van der Waals surface area contributed by atoms with E-state index in [1.165, 1.54) is 5.57 Å². The number of nitrogens with zero attached hydrogens (tertiary/aromatic N) is 3. The number of nitrogens with one attached hydrogen (secondary N) is 1. The summed E-state index contributed by atoms with van der Waals surface area (Å²) in [6.45, 7) is 12.0. The highest BCUT2D eigenvalue weighted by molar-refractivity contribution is 5.96. The van der Waals surface area contributed by atoms with E-state index in [4.69, 9.17) is 9.26 Å². The predicted octanol–water partition coefficient (Wildman–Crippen LogP) is 3.37. The van der Waals surface area contributed by atoms with E-state index in [9.17, 15) is 4.79 Å². The second-order valence-electron chi connectivity index (χ2n) is 8.30. The van der Waals surface area contributed by atoms with Crippen molar-refractivity contribution in [2.24, 2.45) is 5.41 Å². The number of ether oxygens (including phenoxy) is 1. The second-order valence-corrected chi connectivity index (χ2v) is 8.30. The zero-order valence-corrected chi connectivity index (χ0v) is 17.7. The Hall–Kier alpha value is -2.67. The Morgan fingerprint density at radius 1 is 1.31 bits per heavy atom. The number of carbonyl (C=O) groups excluding carboxylic acids is 1. The smallest absolute Gasteiger partial charge is 0.255 e. The molecule has 1 aromatic carbocycles. The minimum absolute atomic E-state index is 0.146. The molecule has 1 aliphatic heterocycles. The third-order valence-corrected chi connectivity index (χ3v) is 5.03. The van der Waals surface area contributed by atoms with Gasteiger partial charge in [-0.2, -0.15) is 4.98 Å². The lowest BCUT2D eigenvalue weighted by atomic mass is 9.83. The molecule has 0 aliphatic carbocycles. The molecule has 0 saturated carbocycles. The van der Waals surface area contributed by atoms with Gasteiger partial charge in [0.05, 0.1) is 5.56 Å². The fraction of sp³-hybridized carbons (Fsp3) is 0.500. The van der Waals surface area contributed by atoms with Gasteiger partial charge in [0.2, 0.25) is 11.7 Å². The van der Waals surface area contributed by atoms with Gasteiger partial charge < -0.3 is 14.6 Å².